The molecule has 1 aliphatic rings. The van der Waals surface area contributed by atoms with Gasteiger partial charge in [0.15, 0.2) is 0 Å². The molecule has 0 aromatic heterocycles. The molecule has 0 unspecified atom stereocenters. The van der Waals surface area contributed by atoms with Gasteiger partial charge in [-0.15, -0.1) is 0 Å². The first-order valence-electron chi connectivity index (χ1n) is 15.1. The van der Waals surface area contributed by atoms with Crippen molar-refractivity contribution in [1.29, 1.82) is 0 Å². The highest BCUT2D eigenvalue weighted by molar-refractivity contribution is 5.65. The van der Waals surface area contributed by atoms with Gasteiger partial charge in [0.25, 0.3) is 0 Å². The zero-order valence-electron chi connectivity index (χ0n) is 23.3. The van der Waals surface area contributed by atoms with Crippen LogP contribution < -0.4 is 0 Å². The van der Waals surface area contributed by atoms with Gasteiger partial charge in [0.2, 0.25) is 0 Å². The average Bonchev–Trinajstić information content (AvgIpc) is 2.94. The van der Waals surface area contributed by atoms with E-state index in [1.165, 1.54) is 99.3 Å². The van der Waals surface area contributed by atoms with E-state index in [1.54, 1.807) is 0 Å². The highest BCUT2D eigenvalue weighted by atomic mass is 19.1. The Morgan fingerprint density at radius 3 is 1.78 bits per heavy atom. The van der Waals surface area contributed by atoms with E-state index in [4.69, 9.17) is 0 Å². The van der Waals surface area contributed by atoms with E-state index in [9.17, 15) is 0 Å². The van der Waals surface area contributed by atoms with Crippen molar-refractivity contribution in [2.24, 2.45) is 5.92 Å². The lowest BCUT2D eigenvalue weighted by molar-refractivity contribution is 0.302. The molecule has 1 aliphatic carbocycles. The fourth-order valence-electron chi connectivity index (χ4n) is 6.08. The van der Waals surface area contributed by atoms with Gasteiger partial charge < -0.3 is 0 Å². The minimum Gasteiger partial charge on any atom is -0.206 e. The summed E-state index contributed by atoms with van der Waals surface area (Å²) >= 11 is 0. The Morgan fingerprint density at radius 1 is 0.622 bits per heavy atom. The third kappa shape index (κ3) is 8.29. The van der Waals surface area contributed by atoms with E-state index in [0.717, 1.165) is 29.9 Å². The molecule has 1 fully saturated rings. The molecule has 0 bridgehead atoms. The van der Waals surface area contributed by atoms with Crippen LogP contribution in [0.5, 0.6) is 0 Å². The Morgan fingerprint density at radius 2 is 1.19 bits per heavy atom. The number of benzene rings is 3. The predicted molar refractivity (Wildman–Crippen MR) is 158 cm³/mol. The molecule has 0 saturated heterocycles. The zero-order chi connectivity index (χ0) is 25.9. The lowest BCUT2D eigenvalue weighted by atomic mass is 9.77. The summed E-state index contributed by atoms with van der Waals surface area (Å²) in [6.45, 7) is 4.53. The van der Waals surface area contributed by atoms with E-state index >= 15 is 4.39 Å². The highest BCUT2D eigenvalue weighted by Gasteiger charge is 2.23. The molecule has 0 radical (unpaired) electrons. The van der Waals surface area contributed by atoms with Crippen LogP contribution >= 0.6 is 0 Å². The molecule has 3 aromatic carbocycles. The van der Waals surface area contributed by atoms with Crippen LogP contribution in [0.3, 0.4) is 0 Å². The van der Waals surface area contributed by atoms with E-state index in [1.807, 2.05) is 12.1 Å². The molecule has 0 N–H and O–H groups in total. The number of unbranched alkanes of at least 4 members (excludes halogenated alkanes) is 4. The quantitative estimate of drug-likeness (QED) is 0.206. The number of aryl methyl sites for hydroxylation is 3. The second kappa shape index (κ2) is 14.5. The molecule has 0 spiro atoms. The molecule has 0 heterocycles. The normalized spacial score (nSPS) is 17.7. The highest BCUT2D eigenvalue weighted by Crippen LogP contribution is 2.39. The van der Waals surface area contributed by atoms with Gasteiger partial charge >= 0.3 is 0 Å². The fourth-order valence-corrected chi connectivity index (χ4v) is 6.08. The zero-order valence-corrected chi connectivity index (χ0v) is 23.3. The predicted octanol–water partition coefficient (Wildman–Crippen LogP) is 10.9. The van der Waals surface area contributed by atoms with Crippen LogP contribution in [0.4, 0.5) is 4.39 Å². The fraction of sp³-hybridized carbons (Fsp3) is 0.500. The van der Waals surface area contributed by atoms with E-state index < -0.39 is 0 Å². The Bertz CT molecular complexity index is 1050. The number of halogens is 1. The number of hydrogen-bond acceptors (Lipinski definition) is 0. The summed E-state index contributed by atoms with van der Waals surface area (Å²) in [5, 5.41) is 0. The molecule has 0 aliphatic heterocycles. The first kappa shape index (κ1) is 27.6. The average molecular weight is 499 g/mol. The van der Waals surface area contributed by atoms with Crippen LogP contribution in [-0.4, -0.2) is 0 Å². The Hall–Kier alpha value is -2.41. The van der Waals surface area contributed by atoms with E-state index in [2.05, 4.69) is 68.4 Å². The van der Waals surface area contributed by atoms with Crippen molar-refractivity contribution in [1.82, 2.24) is 0 Å². The van der Waals surface area contributed by atoms with Crippen molar-refractivity contribution in [3.8, 4) is 11.1 Å². The molecule has 3 aromatic rings. The third-order valence-corrected chi connectivity index (χ3v) is 8.59. The lowest BCUT2D eigenvalue weighted by Gasteiger charge is -2.29. The number of hydrogen-bond donors (Lipinski definition) is 0. The SMILES string of the molecule is CCCCCc1ccc(CCc2ccc(-c3ccc(C4CCC(CCCCC)CC4)cc3F)cc2)cc1. The van der Waals surface area contributed by atoms with Crippen LogP contribution in [0.15, 0.2) is 66.7 Å². The van der Waals surface area contributed by atoms with Crippen molar-refractivity contribution < 1.29 is 4.39 Å². The minimum atomic E-state index is -0.0747. The summed E-state index contributed by atoms with van der Waals surface area (Å²) in [5.41, 5.74) is 7.04. The van der Waals surface area contributed by atoms with Gasteiger partial charge in [0.1, 0.15) is 5.82 Å². The molecule has 0 atom stereocenters. The molecule has 0 amide bonds. The summed E-state index contributed by atoms with van der Waals surface area (Å²) in [6.07, 6.45) is 17.6. The summed E-state index contributed by atoms with van der Waals surface area (Å²) in [7, 11) is 0. The largest absolute Gasteiger partial charge is 0.206 e. The van der Waals surface area contributed by atoms with Crippen LogP contribution in [0, 0.1) is 11.7 Å². The molecular weight excluding hydrogens is 451 g/mol. The summed E-state index contributed by atoms with van der Waals surface area (Å²) in [4.78, 5) is 0. The molecule has 198 valence electrons. The number of rotatable bonds is 13. The van der Waals surface area contributed by atoms with Gasteiger partial charge in [-0.25, -0.2) is 4.39 Å². The van der Waals surface area contributed by atoms with Crippen molar-refractivity contribution in [2.45, 2.75) is 110 Å². The summed E-state index contributed by atoms with van der Waals surface area (Å²) in [5.74, 6) is 1.34. The van der Waals surface area contributed by atoms with Gasteiger partial charge in [-0.05, 0) is 97.1 Å². The summed E-state index contributed by atoms with van der Waals surface area (Å²) < 4.78 is 15.2. The van der Waals surface area contributed by atoms with Crippen LogP contribution in [-0.2, 0) is 19.3 Å². The van der Waals surface area contributed by atoms with Crippen molar-refractivity contribution in [2.75, 3.05) is 0 Å². The maximum atomic E-state index is 15.2. The standard InChI is InChI=1S/C36H47F/c1-3-5-7-9-28-11-13-30(14-12-28)15-16-31-19-23-33(24-20-31)35-26-25-34(27-36(35)37)32-21-17-29(18-22-32)10-8-6-4-2/h11-14,19-20,23-27,29,32H,3-10,15-18,21-22H2,1-2H3. The third-order valence-electron chi connectivity index (χ3n) is 8.59. The van der Waals surface area contributed by atoms with Crippen molar-refractivity contribution in [3.63, 3.8) is 0 Å². The van der Waals surface area contributed by atoms with Gasteiger partial charge in [0.05, 0.1) is 0 Å². The Kier molecular flexibility index (Phi) is 10.8. The van der Waals surface area contributed by atoms with Gasteiger partial charge in [0, 0.05) is 5.56 Å². The summed E-state index contributed by atoms with van der Waals surface area (Å²) in [6, 6.07) is 23.7. The van der Waals surface area contributed by atoms with Crippen LogP contribution in [0.25, 0.3) is 11.1 Å². The topological polar surface area (TPSA) is 0 Å². The van der Waals surface area contributed by atoms with Crippen molar-refractivity contribution in [3.05, 3.63) is 94.8 Å². The molecule has 0 nitrogen and oxygen atoms in total. The second-order valence-corrected chi connectivity index (χ2v) is 11.4. The van der Waals surface area contributed by atoms with Gasteiger partial charge in [-0.2, -0.15) is 0 Å². The maximum absolute atomic E-state index is 15.2. The van der Waals surface area contributed by atoms with E-state index in [0.29, 0.717) is 5.92 Å². The van der Waals surface area contributed by atoms with Crippen LogP contribution in [0.2, 0.25) is 0 Å². The van der Waals surface area contributed by atoms with E-state index in [-0.39, 0.29) is 5.82 Å². The first-order chi connectivity index (χ1) is 18.2. The molecule has 4 rings (SSSR count). The van der Waals surface area contributed by atoms with Crippen molar-refractivity contribution >= 4 is 0 Å². The van der Waals surface area contributed by atoms with Gasteiger partial charge in [-0.1, -0.05) is 113 Å². The molecule has 1 heteroatoms. The maximum Gasteiger partial charge on any atom is 0.131 e. The lowest BCUT2D eigenvalue weighted by Crippen LogP contribution is -2.13. The second-order valence-electron chi connectivity index (χ2n) is 11.4. The minimum absolute atomic E-state index is 0.0747. The Labute approximate surface area is 225 Å². The molecule has 37 heavy (non-hydrogen) atoms. The monoisotopic (exact) mass is 498 g/mol. The Balaban J connectivity index is 1.28. The first-order valence-corrected chi connectivity index (χ1v) is 15.1. The smallest absolute Gasteiger partial charge is 0.131 e. The van der Waals surface area contributed by atoms with Crippen LogP contribution in [0.1, 0.15) is 113 Å². The molecule has 1 saturated carbocycles. The molecular formula is C36H47F. The van der Waals surface area contributed by atoms with Gasteiger partial charge in [-0.3, -0.25) is 0 Å².